The maximum absolute atomic E-state index is 9.73. The van der Waals surface area contributed by atoms with Crippen molar-refractivity contribution >= 4 is 33.2 Å². The van der Waals surface area contributed by atoms with Crippen LogP contribution in [0.3, 0.4) is 0 Å². The minimum atomic E-state index is -0.492. The van der Waals surface area contributed by atoms with Gasteiger partial charge in [-0.2, -0.15) is 5.26 Å². The number of anilines is 1. The van der Waals surface area contributed by atoms with Gasteiger partial charge in [0.1, 0.15) is 5.54 Å². The lowest BCUT2D eigenvalue weighted by atomic mass is 9.64. The van der Waals surface area contributed by atoms with E-state index in [4.69, 9.17) is 11.6 Å². The minimum Gasteiger partial charge on any atom is -0.367 e. The van der Waals surface area contributed by atoms with Gasteiger partial charge in [-0.15, -0.1) is 0 Å². The lowest BCUT2D eigenvalue weighted by molar-refractivity contribution is 0.149. The normalized spacial score (nSPS) is 28.7. The fraction of sp³-hybridized carbons (Fsp3) is 0.562. The quantitative estimate of drug-likeness (QED) is 0.747. The van der Waals surface area contributed by atoms with E-state index in [1.165, 1.54) is 6.42 Å². The molecule has 0 spiro atoms. The van der Waals surface area contributed by atoms with Gasteiger partial charge in [0.15, 0.2) is 0 Å². The number of hydrogen-bond acceptors (Lipinski definition) is 2. The van der Waals surface area contributed by atoms with Crippen LogP contribution in [0.5, 0.6) is 0 Å². The van der Waals surface area contributed by atoms with Crippen molar-refractivity contribution in [2.45, 2.75) is 45.6 Å². The van der Waals surface area contributed by atoms with E-state index in [0.29, 0.717) is 10.9 Å². The maximum Gasteiger partial charge on any atom is 0.126 e. The van der Waals surface area contributed by atoms with Crippen molar-refractivity contribution in [2.75, 3.05) is 5.32 Å². The van der Waals surface area contributed by atoms with Crippen molar-refractivity contribution in [3.63, 3.8) is 0 Å². The van der Waals surface area contributed by atoms with Crippen LogP contribution in [0.1, 0.15) is 40.0 Å². The highest BCUT2D eigenvalue weighted by molar-refractivity contribution is 9.10. The van der Waals surface area contributed by atoms with Crippen molar-refractivity contribution in [1.82, 2.24) is 0 Å². The van der Waals surface area contributed by atoms with Crippen LogP contribution in [-0.2, 0) is 0 Å². The Kier molecular flexibility index (Phi) is 4.37. The molecule has 0 aromatic heterocycles. The summed E-state index contributed by atoms with van der Waals surface area (Å²) in [5.74, 6) is 0.543. The standard InChI is InChI=1S/C16H20BrClN2/c1-11-7-15(2,3)9-16(8-11,10-19)20-12-4-5-14(18)13(17)6-12/h4-6,11,20H,7-9H2,1-3H3. The third kappa shape index (κ3) is 3.48. The van der Waals surface area contributed by atoms with Crippen LogP contribution in [0, 0.1) is 22.7 Å². The molecule has 1 aromatic rings. The summed E-state index contributed by atoms with van der Waals surface area (Å²) >= 11 is 9.45. The summed E-state index contributed by atoms with van der Waals surface area (Å²) in [4.78, 5) is 0. The monoisotopic (exact) mass is 354 g/mol. The molecular formula is C16H20BrClN2. The Morgan fingerprint density at radius 2 is 2.10 bits per heavy atom. The Morgan fingerprint density at radius 3 is 2.65 bits per heavy atom. The summed E-state index contributed by atoms with van der Waals surface area (Å²) < 4.78 is 0.848. The SMILES string of the molecule is CC1CC(C)(C)CC(C#N)(Nc2ccc(Cl)c(Br)c2)C1. The average Bonchev–Trinajstić information content (AvgIpc) is 2.31. The Morgan fingerprint density at radius 1 is 1.40 bits per heavy atom. The molecule has 0 heterocycles. The number of nitrogens with one attached hydrogen (secondary N) is 1. The zero-order chi connectivity index (χ0) is 15.0. The Hall–Kier alpha value is -0.720. The van der Waals surface area contributed by atoms with Gasteiger partial charge in [0, 0.05) is 10.2 Å². The highest BCUT2D eigenvalue weighted by Crippen LogP contribution is 2.45. The molecule has 108 valence electrons. The molecule has 4 heteroatoms. The van der Waals surface area contributed by atoms with E-state index in [-0.39, 0.29) is 5.41 Å². The van der Waals surface area contributed by atoms with Gasteiger partial charge in [-0.1, -0.05) is 32.4 Å². The highest BCUT2D eigenvalue weighted by atomic mass is 79.9. The number of nitrogens with zero attached hydrogens (tertiary/aromatic N) is 1. The Labute approximate surface area is 134 Å². The van der Waals surface area contributed by atoms with E-state index in [0.717, 1.165) is 23.0 Å². The second kappa shape index (κ2) is 5.58. The van der Waals surface area contributed by atoms with Crippen LogP contribution >= 0.6 is 27.5 Å². The first-order valence-electron chi connectivity index (χ1n) is 6.90. The molecule has 1 aliphatic carbocycles. The fourth-order valence-corrected chi connectivity index (χ4v) is 4.13. The first-order valence-corrected chi connectivity index (χ1v) is 8.07. The van der Waals surface area contributed by atoms with E-state index in [9.17, 15) is 5.26 Å². The van der Waals surface area contributed by atoms with Gasteiger partial charge >= 0.3 is 0 Å². The lowest BCUT2D eigenvalue weighted by Gasteiger charge is -2.44. The fourth-order valence-electron chi connectivity index (χ4n) is 3.63. The van der Waals surface area contributed by atoms with E-state index in [1.807, 2.05) is 18.2 Å². The van der Waals surface area contributed by atoms with Crippen LogP contribution in [-0.4, -0.2) is 5.54 Å². The van der Waals surface area contributed by atoms with Gasteiger partial charge in [-0.05, 0) is 64.7 Å². The van der Waals surface area contributed by atoms with E-state index >= 15 is 0 Å². The van der Waals surface area contributed by atoms with Gasteiger partial charge in [0.05, 0.1) is 11.1 Å². The molecule has 1 fully saturated rings. The molecule has 0 saturated heterocycles. The molecule has 20 heavy (non-hydrogen) atoms. The molecule has 1 aromatic carbocycles. The second-order valence-electron chi connectivity index (χ2n) is 6.80. The van der Waals surface area contributed by atoms with Gasteiger partial charge in [-0.3, -0.25) is 0 Å². The molecule has 2 unspecified atom stereocenters. The number of halogens is 2. The summed E-state index contributed by atoms with van der Waals surface area (Å²) in [6.07, 6.45) is 2.91. The molecule has 0 aliphatic heterocycles. The predicted molar refractivity (Wildman–Crippen MR) is 87.9 cm³/mol. The number of benzene rings is 1. The van der Waals surface area contributed by atoms with Crippen molar-refractivity contribution in [2.24, 2.45) is 11.3 Å². The number of nitriles is 1. The largest absolute Gasteiger partial charge is 0.367 e. The molecule has 1 N–H and O–H groups in total. The third-order valence-corrected chi connectivity index (χ3v) is 5.11. The van der Waals surface area contributed by atoms with Crippen LogP contribution in [0.25, 0.3) is 0 Å². The molecule has 2 atom stereocenters. The molecule has 1 aliphatic rings. The lowest BCUT2D eigenvalue weighted by Crippen LogP contribution is -2.46. The smallest absolute Gasteiger partial charge is 0.126 e. The molecule has 2 rings (SSSR count). The summed E-state index contributed by atoms with van der Waals surface area (Å²) in [5.41, 5.74) is 0.631. The van der Waals surface area contributed by atoms with Crippen LogP contribution < -0.4 is 5.32 Å². The topological polar surface area (TPSA) is 35.8 Å². The zero-order valence-electron chi connectivity index (χ0n) is 12.1. The third-order valence-electron chi connectivity index (χ3n) is 3.90. The zero-order valence-corrected chi connectivity index (χ0v) is 14.5. The van der Waals surface area contributed by atoms with Crippen molar-refractivity contribution in [1.29, 1.82) is 5.26 Å². The van der Waals surface area contributed by atoms with E-state index in [2.05, 4.69) is 48.1 Å². The van der Waals surface area contributed by atoms with Gasteiger partial charge in [-0.25, -0.2) is 0 Å². The van der Waals surface area contributed by atoms with Crippen LogP contribution in [0.15, 0.2) is 22.7 Å². The summed E-state index contributed by atoms with van der Waals surface area (Å²) in [6, 6.07) is 8.24. The summed E-state index contributed by atoms with van der Waals surface area (Å²) in [5, 5.41) is 13.9. The van der Waals surface area contributed by atoms with Gasteiger partial charge in [0.2, 0.25) is 0 Å². The Bertz CT molecular complexity index is 550. The van der Waals surface area contributed by atoms with Gasteiger partial charge < -0.3 is 5.32 Å². The van der Waals surface area contributed by atoms with Crippen molar-refractivity contribution < 1.29 is 0 Å². The molecule has 2 nitrogen and oxygen atoms in total. The van der Waals surface area contributed by atoms with E-state index < -0.39 is 5.54 Å². The first kappa shape index (κ1) is 15.7. The maximum atomic E-state index is 9.73. The first-order chi connectivity index (χ1) is 9.25. The van der Waals surface area contributed by atoms with Crippen LogP contribution in [0.4, 0.5) is 5.69 Å². The second-order valence-corrected chi connectivity index (χ2v) is 8.06. The molecule has 1 saturated carbocycles. The number of hydrogen-bond donors (Lipinski definition) is 1. The van der Waals surface area contributed by atoms with Gasteiger partial charge in [0.25, 0.3) is 0 Å². The molecule has 0 bridgehead atoms. The number of rotatable bonds is 2. The van der Waals surface area contributed by atoms with Crippen LogP contribution in [0.2, 0.25) is 5.02 Å². The van der Waals surface area contributed by atoms with E-state index in [1.54, 1.807) is 0 Å². The van der Waals surface area contributed by atoms with Crippen molar-refractivity contribution in [3.05, 3.63) is 27.7 Å². The molecular weight excluding hydrogens is 336 g/mol. The summed E-state index contributed by atoms with van der Waals surface area (Å²) in [6.45, 7) is 6.72. The molecule has 0 radical (unpaired) electrons. The average molecular weight is 356 g/mol. The summed E-state index contributed by atoms with van der Waals surface area (Å²) in [7, 11) is 0. The molecule has 0 amide bonds. The minimum absolute atomic E-state index is 0.185. The van der Waals surface area contributed by atoms with Crippen molar-refractivity contribution in [3.8, 4) is 6.07 Å². The Balaban J connectivity index is 2.27. The predicted octanol–water partition coefficient (Wildman–Crippen LogP) is 5.62. The highest BCUT2D eigenvalue weighted by Gasteiger charge is 2.43.